The van der Waals surface area contributed by atoms with Crippen molar-refractivity contribution in [2.75, 3.05) is 0 Å². The molecule has 2 aromatic rings. The number of nitrogens with one attached hydrogen (secondary N) is 1. The minimum Gasteiger partial charge on any atom is -0.491 e. The maximum Gasteiger partial charge on any atom is 0.120 e. The summed E-state index contributed by atoms with van der Waals surface area (Å²) in [6.45, 7) is 4.05. The second kappa shape index (κ2) is 7.76. The number of aromatic nitrogens is 1. The Hall–Kier alpha value is -1.91. The van der Waals surface area contributed by atoms with Crippen LogP contribution in [-0.4, -0.2) is 11.1 Å². The third kappa shape index (κ3) is 4.85. The molecule has 0 saturated carbocycles. The lowest BCUT2D eigenvalue weighted by molar-refractivity contribution is 0.242. The van der Waals surface area contributed by atoms with E-state index in [2.05, 4.69) is 22.5 Å². The van der Waals surface area contributed by atoms with Crippen molar-refractivity contribution in [2.24, 2.45) is 5.84 Å². The van der Waals surface area contributed by atoms with Crippen LogP contribution < -0.4 is 16.0 Å². The fourth-order valence-electron chi connectivity index (χ4n) is 2.28. The van der Waals surface area contributed by atoms with E-state index in [-0.39, 0.29) is 12.1 Å². The second-order valence-corrected chi connectivity index (χ2v) is 5.35. The number of hydrogen-bond donors (Lipinski definition) is 2. The van der Waals surface area contributed by atoms with Crippen LogP contribution in [0, 0.1) is 0 Å². The van der Waals surface area contributed by atoms with Crippen molar-refractivity contribution in [2.45, 2.75) is 38.8 Å². The summed E-state index contributed by atoms with van der Waals surface area (Å²) >= 11 is 0. The average Bonchev–Trinajstić information content (AvgIpc) is 2.49. The van der Waals surface area contributed by atoms with Gasteiger partial charge in [0.25, 0.3) is 0 Å². The van der Waals surface area contributed by atoms with E-state index in [0.29, 0.717) is 0 Å². The summed E-state index contributed by atoms with van der Waals surface area (Å²) in [5, 5.41) is 0. The number of nitrogens with zero attached hydrogens (tertiary/aromatic N) is 1. The number of rotatable bonds is 7. The first-order valence-electron chi connectivity index (χ1n) is 7.30. The van der Waals surface area contributed by atoms with Gasteiger partial charge in [0.15, 0.2) is 0 Å². The van der Waals surface area contributed by atoms with Crippen molar-refractivity contribution < 1.29 is 4.74 Å². The molecule has 4 nitrogen and oxygen atoms in total. The smallest absolute Gasteiger partial charge is 0.120 e. The van der Waals surface area contributed by atoms with Gasteiger partial charge in [-0.1, -0.05) is 12.1 Å². The van der Waals surface area contributed by atoms with E-state index in [1.165, 1.54) is 5.56 Å². The lowest BCUT2D eigenvalue weighted by Gasteiger charge is -2.18. The zero-order chi connectivity index (χ0) is 15.1. The maximum atomic E-state index is 5.74. The molecule has 0 aliphatic heterocycles. The van der Waals surface area contributed by atoms with E-state index in [4.69, 9.17) is 10.6 Å². The Morgan fingerprint density at radius 2 is 1.95 bits per heavy atom. The van der Waals surface area contributed by atoms with Gasteiger partial charge in [0.1, 0.15) is 5.75 Å². The molecule has 112 valence electrons. The predicted octanol–water partition coefficient (Wildman–Crippen LogP) is 3.01. The first-order chi connectivity index (χ1) is 10.2. The fourth-order valence-corrected chi connectivity index (χ4v) is 2.28. The van der Waals surface area contributed by atoms with Crippen LogP contribution in [0.4, 0.5) is 0 Å². The van der Waals surface area contributed by atoms with Crippen LogP contribution in [0.5, 0.6) is 5.75 Å². The van der Waals surface area contributed by atoms with Gasteiger partial charge in [-0.2, -0.15) is 0 Å². The molecule has 1 atom stereocenters. The topological polar surface area (TPSA) is 60.2 Å². The number of hydrazine groups is 1. The van der Waals surface area contributed by atoms with Crippen molar-refractivity contribution in [3.63, 3.8) is 0 Å². The first kappa shape index (κ1) is 15.5. The van der Waals surface area contributed by atoms with Crippen molar-refractivity contribution in [3.05, 3.63) is 59.9 Å². The van der Waals surface area contributed by atoms with Crippen LogP contribution in [0.1, 0.15) is 37.4 Å². The summed E-state index contributed by atoms with van der Waals surface area (Å²) in [5.41, 5.74) is 5.30. The Labute approximate surface area is 126 Å². The van der Waals surface area contributed by atoms with Gasteiger partial charge in [0.2, 0.25) is 0 Å². The van der Waals surface area contributed by atoms with Crippen LogP contribution in [0.15, 0.2) is 48.8 Å². The SMILES string of the molecule is CC(C)Oc1cccc(C(CCc2ccncc2)NN)c1. The molecule has 1 aromatic carbocycles. The summed E-state index contributed by atoms with van der Waals surface area (Å²) < 4.78 is 5.74. The van der Waals surface area contributed by atoms with Crippen LogP contribution in [-0.2, 0) is 6.42 Å². The molecule has 2 rings (SSSR count). The summed E-state index contributed by atoms with van der Waals surface area (Å²) in [7, 11) is 0. The molecule has 0 radical (unpaired) electrons. The largest absolute Gasteiger partial charge is 0.491 e. The molecule has 0 aliphatic rings. The molecular formula is C17H23N3O. The fraction of sp³-hybridized carbons (Fsp3) is 0.353. The number of hydrogen-bond acceptors (Lipinski definition) is 4. The van der Waals surface area contributed by atoms with Gasteiger partial charge in [0, 0.05) is 18.4 Å². The van der Waals surface area contributed by atoms with Gasteiger partial charge in [0.05, 0.1) is 6.10 Å². The zero-order valence-corrected chi connectivity index (χ0v) is 12.6. The van der Waals surface area contributed by atoms with Gasteiger partial charge in [-0.15, -0.1) is 0 Å². The molecule has 21 heavy (non-hydrogen) atoms. The number of nitrogens with two attached hydrogens (primary N) is 1. The van der Waals surface area contributed by atoms with Gasteiger partial charge in [-0.25, -0.2) is 0 Å². The van der Waals surface area contributed by atoms with Crippen LogP contribution in [0.25, 0.3) is 0 Å². The van der Waals surface area contributed by atoms with Crippen LogP contribution in [0.2, 0.25) is 0 Å². The second-order valence-electron chi connectivity index (χ2n) is 5.35. The van der Waals surface area contributed by atoms with E-state index in [1.807, 2.05) is 50.5 Å². The van der Waals surface area contributed by atoms with Crippen LogP contribution in [0.3, 0.4) is 0 Å². The Morgan fingerprint density at radius 1 is 1.19 bits per heavy atom. The third-order valence-electron chi connectivity index (χ3n) is 3.30. The molecule has 0 fully saturated rings. The number of aryl methyl sites for hydroxylation is 1. The quantitative estimate of drug-likeness (QED) is 0.606. The molecule has 0 amide bonds. The molecule has 1 heterocycles. The molecule has 0 saturated heterocycles. The van der Waals surface area contributed by atoms with Crippen molar-refractivity contribution in [3.8, 4) is 5.75 Å². The predicted molar refractivity (Wildman–Crippen MR) is 84.8 cm³/mol. The molecule has 3 N–H and O–H groups in total. The highest BCUT2D eigenvalue weighted by Crippen LogP contribution is 2.23. The third-order valence-corrected chi connectivity index (χ3v) is 3.30. The van der Waals surface area contributed by atoms with E-state index < -0.39 is 0 Å². The highest BCUT2D eigenvalue weighted by Gasteiger charge is 2.11. The number of ether oxygens (including phenoxy) is 1. The normalized spacial score (nSPS) is 12.4. The summed E-state index contributed by atoms with van der Waals surface area (Å²) in [6, 6.07) is 12.3. The molecule has 1 unspecified atom stereocenters. The highest BCUT2D eigenvalue weighted by molar-refractivity contribution is 5.31. The monoisotopic (exact) mass is 285 g/mol. The molecule has 0 bridgehead atoms. The molecule has 1 aromatic heterocycles. The van der Waals surface area contributed by atoms with Gasteiger partial charge in [-0.3, -0.25) is 16.3 Å². The van der Waals surface area contributed by atoms with Crippen molar-refractivity contribution in [1.82, 2.24) is 10.4 Å². The Bertz CT molecular complexity index is 543. The minimum absolute atomic E-state index is 0.105. The van der Waals surface area contributed by atoms with Gasteiger partial charge in [-0.05, 0) is 62.1 Å². The molecule has 4 heteroatoms. The zero-order valence-electron chi connectivity index (χ0n) is 12.6. The summed E-state index contributed by atoms with van der Waals surface area (Å²) in [4.78, 5) is 4.03. The number of pyridine rings is 1. The lowest BCUT2D eigenvalue weighted by Crippen LogP contribution is -2.28. The highest BCUT2D eigenvalue weighted by atomic mass is 16.5. The molecular weight excluding hydrogens is 262 g/mol. The number of benzene rings is 1. The van der Waals surface area contributed by atoms with Crippen molar-refractivity contribution >= 4 is 0 Å². The lowest BCUT2D eigenvalue weighted by atomic mass is 10.00. The summed E-state index contributed by atoms with van der Waals surface area (Å²) in [6.07, 6.45) is 5.67. The maximum absolute atomic E-state index is 5.74. The Balaban J connectivity index is 2.03. The van der Waals surface area contributed by atoms with E-state index in [0.717, 1.165) is 24.2 Å². The summed E-state index contributed by atoms with van der Waals surface area (Å²) in [5.74, 6) is 6.60. The Kier molecular flexibility index (Phi) is 5.72. The van der Waals surface area contributed by atoms with E-state index >= 15 is 0 Å². The minimum atomic E-state index is 0.105. The van der Waals surface area contributed by atoms with Gasteiger partial charge < -0.3 is 4.74 Å². The van der Waals surface area contributed by atoms with Crippen LogP contribution >= 0.6 is 0 Å². The molecule has 0 aliphatic carbocycles. The Morgan fingerprint density at radius 3 is 2.62 bits per heavy atom. The first-order valence-corrected chi connectivity index (χ1v) is 7.30. The van der Waals surface area contributed by atoms with Crippen molar-refractivity contribution in [1.29, 1.82) is 0 Å². The standard InChI is InChI=1S/C17H23N3O/c1-13(2)21-16-5-3-4-15(12-16)17(20-18)7-6-14-8-10-19-11-9-14/h3-5,8-13,17,20H,6-7,18H2,1-2H3. The van der Waals surface area contributed by atoms with E-state index in [1.54, 1.807) is 0 Å². The molecule has 0 spiro atoms. The average molecular weight is 285 g/mol. The van der Waals surface area contributed by atoms with Gasteiger partial charge >= 0.3 is 0 Å². The van der Waals surface area contributed by atoms with E-state index in [9.17, 15) is 0 Å².